The van der Waals surface area contributed by atoms with Crippen LogP contribution in [0.25, 0.3) is 100 Å². The molecule has 56 heavy (non-hydrogen) atoms. The Hall–Kier alpha value is -7.56. The molecule has 0 bridgehead atoms. The van der Waals surface area contributed by atoms with E-state index in [0.717, 1.165) is 67.1 Å². The Balaban J connectivity index is 1.31. The van der Waals surface area contributed by atoms with E-state index in [2.05, 4.69) is 191 Å². The van der Waals surface area contributed by atoms with E-state index >= 15 is 0 Å². The Morgan fingerprint density at radius 3 is 1.50 bits per heavy atom. The summed E-state index contributed by atoms with van der Waals surface area (Å²) in [7, 11) is 0. The molecular weight excluding hydrogens is 681 g/mol. The van der Waals surface area contributed by atoms with Gasteiger partial charge in [0.15, 0.2) is 5.82 Å². The van der Waals surface area contributed by atoms with Crippen LogP contribution in [0.3, 0.4) is 0 Å². The first-order valence-corrected chi connectivity index (χ1v) is 19.0. The lowest BCUT2D eigenvalue weighted by Crippen LogP contribution is -1.99. The zero-order valence-electron chi connectivity index (χ0n) is 30.4. The molecule has 0 amide bonds. The zero-order chi connectivity index (χ0) is 37.0. The van der Waals surface area contributed by atoms with Crippen molar-refractivity contribution in [1.29, 1.82) is 0 Å². The van der Waals surface area contributed by atoms with Crippen molar-refractivity contribution in [3.8, 4) is 56.4 Å². The average Bonchev–Trinajstić information content (AvgIpc) is 3.80. The molecule has 0 aliphatic heterocycles. The maximum absolute atomic E-state index is 5.42. The standard InChI is InChI=1S/C52H34N4/c1-5-18-35(19-6-1)46-34-47(54-52(53-46)36-20-7-2-8-21-36)44-33-50-45(40-27-14-15-30-48(40)55(50)37-22-9-3-10-23-37)32-43(44)42-29-17-28-41-39-26-13-16-31-49(39)56(51(41)42)38-24-11-4-12-25-38/h1-34H. The molecule has 11 rings (SSSR count). The van der Waals surface area contributed by atoms with Crippen LogP contribution in [-0.2, 0) is 0 Å². The van der Waals surface area contributed by atoms with Crippen LogP contribution in [0.2, 0.25) is 0 Å². The molecule has 3 aromatic heterocycles. The van der Waals surface area contributed by atoms with Crippen molar-refractivity contribution in [1.82, 2.24) is 19.1 Å². The third-order valence-electron chi connectivity index (χ3n) is 10.9. The second kappa shape index (κ2) is 13.1. The number of rotatable bonds is 6. The van der Waals surface area contributed by atoms with Gasteiger partial charge >= 0.3 is 0 Å². The largest absolute Gasteiger partial charge is 0.309 e. The van der Waals surface area contributed by atoms with Crippen LogP contribution in [0.4, 0.5) is 0 Å². The van der Waals surface area contributed by atoms with Crippen LogP contribution in [0.5, 0.6) is 0 Å². The summed E-state index contributed by atoms with van der Waals surface area (Å²) in [5.74, 6) is 0.688. The lowest BCUT2D eigenvalue weighted by molar-refractivity contribution is 1.17. The van der Waals surface area contributed by atoms with Gasteiger partial charge in [-0.2, -0.15) is 0 Å². The highest BCUT2D eigenvalue weighted by atomic mass is 15.0. The predicted octanol–water partition coefficient (Wildman–Crippen LogP) is 13.3. The van der Waals surface area contributed by atoms with E-state index in [1.54, 1.807) is 0 Å². The fourth-order valence-corrected chi connectivity index (χ4v) is 8.44. The molecule has 0 aliphatic rings. The first-order valence-electron chi connectivity index (χ1n) is 19.0. The molecule has 0 spiro atoms. The Bertz CT molecular complexity index is 3160. The predicted molar refractivity (Wildman–Crippen MR) is 232 cm³/mol. The minimum absolute atomic E-state index is 0.688. The maximum Gasteiger partial charge on any atom is 0.160 e. The van der Waals surface area contributed by atoms with E-state index in [1.807, 2.05) is 24.3 Å². The molecule has 4 nitrogen and oxygen atoms in total. The third-order valence-corrected chi connectivity index (χ3v) is 10.9. The summed E-state index contributed by atoms with van der Waals surface area (Å²) in [4.78, 5) is 10.6. The van der Waals surface area contributed by atoms with Gasteiger partial charge in [0.05, 0.1) is 33.5 Å². The van der Waals surface area contributed by atoms with Crippen molar-refractivity contribution in [3.05, 3.63) is 206 Å². The monoisotopic (exact) mass is 714 g/mol. The number of benzene rings is 8. The van der Waals surface area contributed by atoms with Gasteiger partial charge in [0.25, 0.3) is 0 Å². The number of aromatic nitrogens is 4. The van der Waals surface area contributed by atoms with Gasteiger partial charge in [0.2, 0.25) is 0 Å². The zero-order valence-corrected chi connectivity index (χ0v) is 30.4. The van der Waals surface area contributed by atoms with Gasteiger partial charge in [-0.3, -0.25) is 0 Å². The maximum atomic E-state index is 5.42. The Kier molecular flexibility index (Phi) is 7.46. The number of nitrogens with zero attached hydrogens (tertiary/aromatic N) is 4. The van der Waals surface area contributed by atoms with Crippen LogP contribution >= 0.6 is 0 Å². The van der Waals surface area contributed by atoms with Gasteiger partial charge in [-0.25, -0.2) is 9.97 Å². The van der Waals surface area contributed by atoms with E-state index in [0.29, 0.717) is 5.82 Å². The fourth-order valence-electron chi connectivity index (χ4n) is 8.44. The van der Waals surface area contributed by atoms with Gasteiger partial charge in [-0.1, -0.05) is 152 Å². The molecule has 262 valence electrons. The van der Waals surface area contributed by atoms with Crippen molar-refractivity contribution in [2.45, 2.75) is 0 Å². The van der Waals surface area contributed by atoms with E-state index in [-0.39, 0.29) is 0 Å². The molecule has 0 N–H and O–H groups in total. The van der Waals surface area contributed by atoms with Gasteiger partial charge in [-0.15, -0.1) is 0 Å². The Labute approximate surface area is 324 Å². The molecule has 4 heteroatoms. The summed E-state index contributed by atoms with van der Waals surface area (Å²) in [6.45, 7) is 0. The first-order chi connectivity index (χ1) is 27.8. The first kappa shape index (κ1) is 31.9. The molecule has 11 aromatic rings. The fraction of sp³-hybridized carbons (Fsp3) is 0. The molecule has 3 heterocycles. The number of hydrogen-bond donors (Lipinski definition) is 0. The average molecular weight is 715 g/mol. The summed E-state index contributed by atoms with van der Waals surface area (Å²) in [6, 6.07) is 73.2. The quantitative estimate of drug-likeness (QED) is 0.172. The van der Waals surface area contributed by atoms with Crippen LogP contribution in [0, 0.1) is 0 Å². The summed E-state index contributed by atoms with van der Waals surface area (Å²) in [5.41, 5.74) is 13.9. The Morgan fingerprint density at radius 2 is 0.821 bits per heavy atom. The van der Waals surface area contributed by atoms with Crippen molar-refractivity contribution in [2.24, 2.45) is 0 Å². The molecular formula is C52H34N4. The molecule has 0 atom stereocenters. The van der Waals surface area contributed by atoms with E-state index in [1.165, 1.54) is 27.1 Å². The highest BCUT2D eigenvalue weighted by molar-refractivity contribution is 6.17. The molecule has 0 saturated heterocycles. The van der Waals surface area contributed by atoms with Crippen molar-refractivity contribution in [3.63, 3.8) is 0 Å². The molecule has 0 unspecified atom stereocenters. The number of hydrogen-bond acceptors (Lipinski definition) is 2. The van der Waals surface area contributed by atoms with Gasteiger partial charge in [0.1, 0.15) is 0 Å². The van der Waals surface area contributed by atoms with E-state index < -0.39 is 0 Å². The molecule has 0 saturated carbocycles. The van der Waals surface area contributed by atoms with E-state index in [9.17, 15) is 0 Å². The number of fused-ring (bicyclic) bond motifs is 6. The summed E-state index contributed by atoms with van der Waals surface area (Å²) >= 11 is 0. The minimum Gasteiger partial charge on any atom is -0.309 e. The van der Waals surface area contributed by atoms with Crippen molar-refractivity contribution in [2.75, 3.05) is 0 Å². The lowest BCUT2D eigenvalue weighted by Gasteiger charge is -2.17. The summed E-state index contributed by atoms with van der Waals surface area (Å²) in [6.07, 6.45) is 0. The highest BCUT2D eigenvalue weighted by Crippen LogP contribution is 2.45. The lowest BCUT2D eigenvalue weighted by atomic mass is 9.92. The van der Waals surface area contributed by atoms with E-state index in [4.69, 9.17) is 9.97 Å². The van der Waals surface area contributed by atoms with Crippen LogP contribution < -0.4 is 0 Å². The van der Waals surface area contributed by atoms with Crippen LogP contribution in [0.15, 0.2) is 206 Å². The second-order valence-electron chi connectivity index (χ2n) is 14.2. The topological polar surface area (TPSA) is 35.6 Å². The smallest absolute Gasteiger partial charge is 0.160 e. The summed E-state index contributed by atoms with van der Waals surface area (Å²) < 4.78 is 4.81. The van der Waals surface area contributed by atoms with Crippen LogP contribution in [0.1, 0.15) is 0 Å². The van der Waals surface area contributed by atoms with Crippen LogP contribution in [-0.4, -0.2) is 19.1 Å². The normalized spacial score (nSPS) is 11.6. The van der Waals surface area contributed by atoms with Gasteiger partial charge in [-0.05, 0) is 60.2 Å². The highest BCUT2D eigenvalue weighted by Gasteiger charge is 2.23. The summed E-state index contributed by atoms with van der Waals surface area (Å²) in [5, 5.41) is 4.81. The molecule has 0 radical (unpaired) electrons. The third kappa shape index (κ3) is 5.15. The molecule has 0 fully saturated rings. The number of para-hydroxylation sites is 5. The van der Waals surface area contributed by atoms with Crippen molar-refractivity contribution >= 4 is 43.6 Å². The SMILES string of the molecule is c1ccc(-c2cc(-c3cc4c(cc3-c3cccc5c6ccccc6n(-c6ccccc6)c35)c3ccccc3n4-c3ccccc3)nc(-c3ccccc3)n2)cc1. The van der Waals surface area contributed by atoms with Gasteiger partial charge in [0, 0.05) is 55.2 Å². The molecule has 0 aliphatic carbocycles. The minimum atomic E-state index is 0.688. The Morgan fingerprint density at radius 1 is 0.304 bits per heavy atom. The van der Waals surface area contributed by atoms with Crippen molar-refractivity contribution < 1.29 is 0 Å². The molecule has 8 aromatic carbocycles. The second-order valence-corrected chi connectivity index (χ2v) is 14.2. The van der Waals surface area contributed by atoms with Gasteiger partial charge < -0.3 is 9.13 Å².